The molecule has 0 spiro atoms. The number of halogens is 2. The van der Waals surface area contributed by atoms with Crippen LogP contribution in [0.4, 0.5) is 8.78 Å². The Hall–Kier alpha value is -1.98. The molecule has 0 aliphatic carbocycles. The van der Waals surface area contributed by atoms with Gasteiger partial charge in [0, 0.05) is 12.0 Å². The Kier molecular flexibility index (Phi) is 6.09. The number of carboxylic acid groups (broad SMARTS) is 1. The summed E-state index contributed by atoms with van der Waals surface area (Å²) >= 11 is 0. The van der Waals surface area contributed by atoms with Crippen LogP contribution in [0.1, 0.15) is 36.5 Å². The number of carboxylic acids is 1. The molecule has 110 valence electrons. The van der Waals surface area contributed by atoms with E-state index in [0.29, 0.717) is 5.56 Å². The van der Waals surface area contributed by atoms with Gasteiger partial charge in [0.05, 0.1) is 13.0 Å². The first kappa shape index (κ1) is 16.1. The molecule has 20 heavy (non-hydrogen) atoms. The second-order valence-electron chi connectivity index (χ2n) is 4.16. The van der Waals surface area contributed by atoms with Gasteiger partial charge in [-0.3, -0.25) is 9.59 Å². The van der Waals surface area contributed by atoms with Crippen LogP contribution < -0.4 is 0 Å². The first-order valence-corrected chi connectivity index (χ1v) is 6.22. The predicted molar refractivity (Wildman–Crippen MR) is 67.7 cm³/mol. The SMILES string of the molecule is CCOC(=O)CCc1cccc(C(F)F)c1CC(=O)O. The van der Waals surface area contributed by atoms with Crippen LogP contribution in [-0.4, -0.2) is 23.7 Å². The molecule has 0 atom stereocenters. The Morgan fingerprint density at radius 3 is 2.60 bits per heavy atom. The summed E-state index contributed by atoms with van der Waals surface area (Å²) in [5, 5.41) is 8.82. The van der Waals surface area contributed by atoms with Crippen molar-refractivity contribution in [3.05, 3.63) is 34.9 Å². The molecule has 1 aromatic rings. The molecule has 0 bridgehead atoms. The normalized spacial score (nSPS) is 10.6. The Labute approximate surface area is 115 Å². The van der Waals surface area contributed by atoms with Crippen molar-refractivity contribution in [1.82, 2.24) is 0 Å². The lowest BCUT2D eigenvalue weighted by Gasteiger charge is -2.12. The van der Waals surface area contributed by atoms with Crippen LogP contribution in [0.5, 0.6) is 0 Å². The molecule has 0 saturated heterocycles. The zero-order valence-electron chi connectivity index (χ0n) is 11.1. The first-order chi connectivity index (χ1) is 9.45. The Balaban J connectivity index is 2.96. The molecule has 0 fully saturated rings. The predicted octanol–water partition coefficient (Wildman–Crippen LogP) is 2.75. The lowest BCUT2D eigenvalue weighted by molar-refractivity contribution is -0.143. The Morgan fingerprint density at radius 1 is 1.35 bits per heavy atom. The van der Waals surface area contributed by atoms with E-state index in [1.54, 1.807) is 13.0 Å². The summed E-state index contributed by atoms with van der Waals surface area (Å²) in [4.78, 5) is 22.1. The summed E-state index contributed by atoms with van der Waals surface area (Å²) in [6, 6.07) is 4.20. The molecule has 1 aromatic carbocycles. The minimum absolute atomic E-state index is 0.0349. The minimum Gasteiger partial charge on any atom is -0.481 e. The fourth-order valence-electron chi connectivity index (χ4n) is 1.93. The maximum atomic E-state index is 12.9. The van der Waals surface area contributed by atoms with Crippen molar-refractivity contribution in [2.45, 2.75) is 32.6 Å². The Morgan fingerprint density at radius 2 is 2.05 bits per heavy atom. The van der Waals surface area contributed by atoms with Crippen LogP contribution in [-0.2, 0) is 27.2 Å². The number of hydrogen-bond acceptors (Lipinski definition) is 3. The smallest absolute Gasteiger partial charge is 0.307 e. The van der Waals surface area contributed by atoms with Crippen LogP contribution in [0.15, 0.2) is 18.2 Å². The van der Waals surface area contributed by atoms with Crippen LogP contribution in [0, 0.1) is 0 Å². The molecule has 0 aliphatic rings. The van der Waals surface area contributed by atoms with Crippen molar-refractivity contribution in [2.24, 2.45) is 0 Å². The van der Waals surface area contributed by atoms with Crippen molar-refractivity contribution >= 4 is 11.9 Å². The van der Waals surface area contributed by atoms with Crippen molar-refractivity contribution in [3.8, 4) is 0 Å². The lowest BCUT2D eigenvalue weighted by atomic mass is 9.95. The summed E-state index contributed by atoms with van der Waals surface area (Å²) in [7, 11) is 0. The average Bonchev–Trinajstić information content (AvgIpc) is 2.36. The summed E-state index contributed by atoms with van der Waals surface area (Å²) in [5.41, 5.74) is 0.228. The molecule has 4 nitrogen and oxygen atoms in total. The van der Waals surface area contributed by atoms with Gasteiger partial charge in [0.2, 0.25) is 0 Å². The number of ether oxygens (including phenoxy) is 1. The molecule has 6 heteroatoms. The molecule has 0 unspecified atom stereocenters. The van der Waals surface area contributed by atoms with E-state index in [1.165, 1.54) is 12.1 Å². The van der Waals surface area contributed by atoms with Crippen LogP contribution in [0.25, 0.3) is 0 Å². The van der Waals surface area contributed by atoms with Gasteiger partial charge in [0.25, 0.3) is 6.43 Å². The van der Waals surface area contributed by atoms with E-state index in [-0.39, 0.29) is 30.6 Å². The highest BCUT2D eigenvalue weighted by Crippen LogP contribution is 2.26. The molecule has 0 radical (unpaired) electrons. The van der Waals surface area contributed by atoms with Crippen molar-refractivity contribution in [2.75, 3.05) is 6.61 Å². The van der Waals surface area contributed by atoms with Gasteiger partial charge in [-0.25, -0.2) is 8.78 Å². The van der Waals surface area contributed by atoms with E-state index in [2.05, 4.69) is 0 Å². The standard InChI is InChI=1S/C14H16F2O4/c1-2-20-13(19)7-6-9-4-3-5-10(14(15)16)11(9)8-12(17)18/h3-5,14H,2,6-8H2,1H3,(H,17,18). The van der Waals surface area contributed by atoms with E-state index in [9.17, 15) is 18.4 Å². The van der Waals surface area contributed by atoms with Gasteiger partial charge in [0.15, 0.2) is 0 Å². The van der Waals surface area contributed by atoms with Gasteiger partial charge in [-0.05, 0) is 24.5 Å². The molecule has 0 amide bonds. The van der Waals surface area contributed by atoms with Crippen molar-refractivity contribution in [3.63, 3.8) is 0 Å². The maximum absolute atomic E-state index is 12.9. The first-order valence-electron chi connectivity index (χ1n) is 6.22. The van der Waals surface area contributed by atoms with Crippen LogP contribution in [0.2, 0.25) is 0 Å². The fourth-order valence-corrected chi connectivity index (χ4v) is 1.93. The van der Waals surface area contributed by atoms with Gasteiger partial charge < -0.3 is 9.84 Å². The van der Waals surface area contributed by atoms with Gasteiger partial charge >= 0.3 is 11.9 Å². The minimum atomic E-state index is -2.74. The molecule has 0 aromatic heterocycles. The van der Waals surface area contributed by atoms with Gasteiger partial charge in [-0.15, -0.1) is 0 Å². The maximum Gasteiger partial charge on any atom is 0.307 e. The molecule has 1 N–H and O–H groups in total. The Bertz CT molecular complexity index is 486. The fraction of sp³-hybridized carbons (Fsp3) is 0.429. The van der Waals surface area contributed by atoms with Gasteiger partial charge in [-0.2, -0.15) is 0 Å². The largest absolute Gasteiger partial charge is 0.481 e. The van der Waals surface area contributed by atoms with E-state index >= 15 is 0 Å². The number of esters is 1. The molecular weight excluding hydrogens is 270 g/mol. The van der Waals surface area contributed by atoms with Gasteiger partial charge in [-0.1, -0.05) is 18.2 Å². The summed E-state index contributed by atoms with van der Waals surface area (Å²) in [6.45, 7) is 1.92. The average molecular weight is 286 g/mol. The highest BCUT2D eigenvalue weighted by atomic mass is 19.3. The summed E-state index contributed by atoms with van der Waals surface area (Å²) in [6.07, 6.45) is -3.01. The van der Waals surface area contributed by atoms with E-state index in [0.717, 1.165) is 0 Å². The highest BCUT2D eigenvalue weighted by molar-refractivity contribution is 5.72. The van der Waals surface area contributed by atoms with Crippen molar-refractivity contribution < 1.29 is 28.2 Å². The monoisotopic (exact) mass is 286 g/mol. The number of benzene rings is 1. The number of aliphatic carboxylic acids is 1. The number of alkyl halides is 2. The number of carbonyl (C=O) groups excluding carboxylic acids is 1. The van der Waals surface area contributed by atoms with Crippen LogP contribution in [0.3, 0.4) is 0 Å². The van der Waals surface area contributed by atoms with E-state index in [4.69, 9.17) is 9.84 Å². The number of carbonyl (C=O) groups is 2. The zero-order chi connectivity index (χ0) is 15.1. The molecule has 0 aliphatic heterocycles. The molecule has 0 saturated carbocycles. The third-order valence-corrected chi connectivity index (χ3v) is 2.78. The van der Waals surface area contributed by atoms with Crippen molar-refractivity contribution in [1.29, 1.82) is 0 Å². The van der Waals surface area contributed by atoms with E-state index < -0.39 is 24.8 Å². The number of hydrogen-bond donors (Lipinski definition) is 1. The summed E-state index contributed by atoms with van der Waals surface area (Å²) in [5.74, 6) is -1.62. The third-order valence-electron chi connectivity index (χ3n) is 2.78. The quantitative estimate of drug-likeness (QED) is 0.783. The summed E-state index contributed by atoms with van der Waals surface area (Å²) < 4.78 is 30.5. The van der Waals surface area contributed by atoms with Gasteiger partial charge in [0.1, 0.15) is 0 Å². The number of rotatable bonds is 7. The topological polar surface area (TPSA) is 63.6 Å². The van der Waals surface area contributed by atoms with Crippen LogP contribution >= 0.6 is 0 Å². The molecule has 0 heterocycles. The third kappa shape index (κ3) is 4.60. The lowest BCUT2D eigenvalue weighted by Crippen LogP contribution is -2.10. The second-order valence-corrected chi connectivity index (χ2v) is 4.16. The van der Waals surface area contributed by atoms with E-state index in [1.807, 2.05) is 0 Å². The molecular formula is C14H16F2O4. The molecule has 1 rings (SSSR count). The number of aryl methyl sites for hydroxylation is 1. The second kappa shape index (κ2) is 7.57. The highest BCUT2D eigenvalue weighted by Gasteiger charge is 2.18. The zero-order valence-corrected chi connectivity index (χ0v) is 11.1.